The molecule has 1 heterocycles. The molecule has 0 saturated heterocycles. The molecule has 0 aliphatic rings. The van der Waals surface area contributed by atoms with Crippen LogP contribution in [0.2, 0.25) is 5.02 Å². The smallest absolute Gasteiger partial charge is 0.265 e. The number of primary amides is 1. The fourth-order valence-electron chi connectivity index (χ4n) is 3.10. The fourth-order valence-corrected chi connectivity index (χ4v) is 5.06. The van der Waals surface area contributed by atoms with Crippen molar-refractivity contribution in [3.05, 3.63) is 63.6 Å². The summed E-state index contributed by atoms with van der Waals surface area (Å²) in [5, 5.41) is 9.09. The molecule has 1 unspecified atom stereocenters. The van der Waals surface area contributed by atoms with Crippen molar-refractivity contribution in [2.45, 2.75) is 13.8 Å². The van der Waals surface area contributed by atoms with Crippen molar-refractivity contribution < 1.29 is 13.8 Å². The summed E-state index contributed by atoms with van der Waals surface area (Å²) in [6.07, 6.45) is 2.94. The SMILES string of the molecule is Cc1cc([PH](=O)c2c(C(N)=O)[nH]c3ccc(Cl)c(F)c23)cc(C=CC#N)c1C. The van der Waals surface area contributed by atoms with Gasteiger partial charge < -0.3 is 15.3 Å². The van der Waals surface area contributed by atoms with Gasteiger partial charge in [-0.05, 0) is 60.9 Å². The molecule has 142 valence electrons. The van der Waals surface area contributed by atoms with Gasteiger partial charge in [0, 0.05) is 22.3 Å². The first-order valence-corrected chi connectivity index (χ1v) is 10.1. The van der Waals surface area contributed by atoms with Crippen molar-refractivity contribution in [3.8, 4) is 6.07 Å². The Labute approximate surface area is 166 Å². The second-order valence-corrected chi connectivity index (χ2v) is 8.46. The third-order valence-electron chi connectivity index (χ3n) is 4.64. The fraction of sp³-hybridized carbons (Fsp3) is 0.100. The number of hydrogen-bond acceptors (Lipinski definition) is 3. The zero-order chi connectivity index (χ0) is 20.6. The van der Waals surface area contributed by atoms with E-state index in [-0.39, 0.29) is 26.9 Å². The van der Waals surface area contributed by atoms with Gasteiger partial charge in [0.2, 0.25) is 0 Å². The number of halogens is 2. The van der Waals surface area contributed by atoms with Crippen LogP contribution in [-0.4, -0.2) is 10.9 Å². The molecule has 3 N–H and O–H groups in total. The van der Waals surface area contributed by atoms with E-state index in [9.17, 15) is 13.8 Å². The summed E-state index contributed by atoms with van der Waals surface area (Å²) in [5.41, 5.74) is 8.12. The summed E-state index contributed by atoms with van der Waals surface area (Å²) in [6, 6.07) is 8.18. The van der Waals surface area contributed by atoms with Crippen molar-refractivity contribution in [3.63, 3.8) is 0 Å². The van der Waals surface area contributed by atoms with E-state index in [1.807, 2.05) is 19.9 Å². The van der Waals surface area contributed by atoms with E-state index in [4.69, 9.17) is 22.6 Å². The Morgan fingerprint density at radius 1 is 1.36 bits per heavy atom. The predicted molar refractivity (Wildman–Crippen MR) is 111 cm³/mol. The summed E-state index contributed by atoms with van der Waals surface area (Å²) in [6.45, 7) is 3.73. The van der Waals surface area contributed by atoms with E-state index >= 15 is 0 Å². The molecule has 1 amide bonds. The number of carbonyl (C=O) groups is 1. The topological polar surface area (TPSA) is 99.7 Å². The Kier molecular flexibility index (Phi) is 5.42. The molecule has 0 radical (unpaired) electrons. The summed E-state index contributed by atoms with van der Waals surface area (Å²) in [7, 11) is -2.82. The van der Waals surface area contributed by atoms with E-state index in [0.29, 0.717) is 10.9 Å². The molecular weight excluding hydrogens is 400 g/mol. The van der Waals surface area contributed by atoms with E-state index in [1.165, 1.54) is 18.2 Å². The third-order valence-corrected chi connectivity index (χ3v) is 6.69. The number of aromatic nitrogens is 1. The molecule has 2 aromatic carbocycles. The number of nitriles is 1. The van der Waals surface area contributed by atoms with Gasteiger partial charge in [-0.3, -0.25) is 4.79 Å². The van der Waals surface area contributed by atoms with Gasteiger partial charge in [-0.1, -0.05) is 11.6 Å². The standard InChI is InChI=1S/C20H16ClFN3O2P/c1-10-8-13(9-12(11(10)2)4-3-7-23)28(27)19-16-15(25-18(19)20(24)26)6-5-14(21)17(16)22/h3-6,8-9,25,28H,1-2H3,(H2,24,26). The number of H-pyrrole nitrogens is 1. The normalized spacial score (nSPS) is 12.4. The molecule has 28 heavy (non-hydrogen) atoms. The molecule has 0 spiro atoms. The average molecular weight is 416 g/mol. The van der Waals surface area contributed by atoms with Crippen LogP contribution in [0.25, 0.3) is 17.0 Å². The van der Waals surface area contributed by atoms with Gasteiger partial charge in [0.1, 0.15) is 13.5 Å². The summed E-state index contributed by atoms with van der Waals surface area (Å²) < 4.78 is 28.2. The zero-order valence-corrected chi connectivity index (χ0v) is 16.8. The van der Waals surface area contributed by atoms with Crippen molar-refractivity contribution >= 4 is 52.9 Å². The van der Waals surface area contributed by atoms with Crippen molar-refractivity contribution in [2.24, 2.45) is 5.73 Å². The lowest BCUT2D eigenvalue weighted by molar-refractivity contribution is 0.0997. The molecular formula is C20H16ClFN3O2P. The lowest BCUT2D eigenvalue weighted by atomic mass is 10.0. The number of aryl methyl sites for hydroxylation is 1. The van der Waals surface area contributed by atoms with Crippen LogP contribution in [0, 0.1) is 31.0 Å². The number of carbonyl (C=O) groups excluding carboxylic acids is 1. The monoisotopic (exact) mass is 415 g/mol. The maximum atomic E-state index is 14.7. The quantitative estimate of drug-likeness (QED) is 0.501. The van der Waals surface area contributed by atoms with E-state index in [0.717, 1.165) is 11.1 Å². The van der Waals surface area contributed by atoms with Crippen LogP contribution in [-0.2, 0) is 4.57 Å². The second-order valence-electron chi connectivity index (χ2n) is 6.32. The Morgan fingerprint density at radius 3 is 2.71 bits per heavy atom. The van der Waals surface area contributed by atoms with Gasteiger partial charge in [0.15, 0.2) is 5.82 Å². The first-order chi connectivity index (χ1) is 13.3. The maximum Gasteiger partial charge on any atom is 0.265 e. The Bertz CT molecular complexity index is 1220. The number of nitrogens with two attached hydrogens (primary N) is 1. The number of allylic oxidation sites excluding steroid dienone is 1. The number of amides is 1. The number of aromatic amines is 1. The molecule has 3 aromatic rings. The van der Waals surface area contributed by atoms with Crippen LogP contribution >= 0.6 is 19.4 Å². The van der Waals surface area contributed by atoms with E-state index in [2.05, 4.69) is 4.98 Å². The first-order valence-electron chi connectivity index (χ1n) is 8.27. The van der Waals surface area contributed by atoms with Crippen molar-refractivity contribution in [1.82, 2.24) is 4.98 Å². The maximum absolute atomic E-state index is 14.7. The number of benzene rings is 2. The lowest BCUT2D eigenvalue weighted by Gasteiger charge is -2.11. The molecule has 0 aliphatic heterocycles. The Hall–Kier alpha value is -2.87. The van der Waals surface area contributed by atoms with Crippen LogP contribution in [0.3, 0.4) is 0 Å². The third kappa shape index (κ3) is 3.35. The average Bonchev–Trinajstić information content (AvgIpc) is 3.05. The minimum absolute atomic E-state index is 0.00228. The largest absolute Gasteiger partial charge is 0.364 e. The molecule has 0 saturated carbocycles. The highest BCUT2D eigenvalue weighted by Crippen LogP contribution is 2.33. The van der Waals surface area contributed by atoms with Crippen molar-refractivity contribution in [1.29, 1.82) is 5.26 Å². The van der Waals surface area contributed by atoms with Gasteiger partial charge in [0.05, 0.1) is 16.4 Å². The van der Waals surface area contributed by atoms with Crippen LogP contribution in [0.1, 0.15) is 27.2 Å². The molecule has 5 nitrogen and oxygen atoms in total. The molecule has 0 fully saturated rings. The summed E-state index contributed by atoms with van der Waals surface area (Å²) in [5.74, 6) is -1.60. The molecule has 0 aliphatic carbocycles. The molecule has 0 bridgehead atoms. The highest BCUT2D eigenvalue weighted by molar-refractivity contribution is 7.62. The highest BCUT2D eigenvalue weighted by atomic mass is 35.5. The molecule has 1 atom stereocenters. The number of fused-ring (bicyclic) bond motifs is 1. The zero-order valence-electron chi connectivity index (χ0n) is 15.1. The van der Waals surface area contributed by atoms with Gasteiger partial charge in [-0.15, -0.1) is 0 Å². The lowest BCUT2D eigenvalue weighted by Crippen LogP contribution is -2.21. The van der Waals surface area contributed by atoms with Crippen LogP contribution < -0.4 is 16.3 Å². The number of rotatable bonds is 4. The molecule has 8 heteroatoms. The Balaban J connectivity index is 2.30. The number of nitrogens with one attached hydrogen (secondary N) is 1. The van der Waals surface area contributed by atoms with E-state index < -0.39 is 19.5 Å². The summed E-state index contributed by atoms with van der Waals surface area (Å²) in [4.78, 5) is 14.7. The van der Waals surface area contributed by atoms with Gasteiger partial charge in [-0.2, -0.15) is 5.26 Å². The predicted octanol–water partition coefficient (Wildman–Crippen LogP) is 3.72. The minimum atomic E-state index is -2.82. The van der Waals surface area contributed by atoms with Crippen LogP contribution in [0.15, 0.2) is 30.3 Å². The summed E-state index contributed by atoms with van der Waals surface area (Å²) >= 11 is 5.89. The van der Waals surface area contributed by atoms with Gasteiger partial charge >= 0.3 is 0 Å². The van der Waals surface area contributed by atoms with Crippen molar-refractivity contribution in [2.75, 3.05) is 0 Å². The molecule has 1 aromatic heterocycles. The molecule has 3 rings (SSSR count). The minimum Gasteiger partial charge on any atom is -0.364 e. The number of nitrogens with zero attached hydrogens (tertiary/aromatic N) is 1. The van der Waals surface area contributed by atoms with Gasteiger partial charge in [-0.25, -0.2) is 4.39 Å². The van der Waals surface area contributed by atoms with Gasteiger partial charge in [0.25, 0.3) is 5.91 Å². The van der Waals surface area contributed by atoms with Crippen LogP contribution in [0.4, 0.5) is 4.39 Å². The first kappa shape index (κ1) is 19.9. The van der Waals surface area contributed by atoms with E-state index in [1.54, 1.807) is 18.2 Å². The number of hydrogen-bond donors (Lipinski definition) is 2. The Morgan fingerprint density at radius 2 is 2.07 bits per heavy atom. The van der Waals surface area contributed by atoms with Crippen LogP contribution in [0.5, 0.6) is 0 Å². The second kappa shape index (κ2) is 7.63. The highest BCUT2D eigenvalue weighted by Gasteiger charge is 2.25.